The number of amidine groups is 1. The van der Waals surface area contributed by atoms with Gasteiger partial charge in [0.2, 0.25) is 11.0 Å². The van der Waals surface area contributed by atoms with Gasteiger partial charge in [0.1, 0.15) is 5.01 Å². The SMILES string of the molecule is CCCC1(C2CCCC(c3nnc(NC(=O)Cc4cccc(OC)c4OC)s3)C2)CN=C(N=C(CC)Cc2cccc(OC)c2OC)S1. The molecule has 0 bridgehead atoms. The van der Waals surface area contributed by atoms with Crippen LogP contribution in [0.5, 0.6) is 23.0 Å². The number of hydrogen-bond donors (Lipinski definition) is 1. The minimum atomic E-state index is -0.170. The molecular weight excluding hydrogens is 647 g/mol. The minimum Gasteiger partial charge on any atom is -0.493 e. The van der Waals surface area contributed by atoms with E-state index in [1.54, 1.807) is 28.4 Å². The van der Waals surface area contributed by atoms with Crippen LogP contribution in [0.2, 0.25) is 0 Å². The summed E-state index contributed by atoms with van der Waals surface area (Å²) < 4.78 is 22.1. The molecule has 48 heavy (non-hydrogen) atoms. The Kier molecular flexibility index (Phi) is 12.4. The number of rotatable bonds is 14. The van der Waals surface area contributed by atoms with Gasteiger partial charge in [-0.15, -0.1) is 10.2 Å². The van der Waals surface area contributed by atoms with Gasteiger partial charge in [-0.3, -0.25) is 9.79 Å². The van der Waals surface area contributed by atoms with Crippen LogP contribution in [0.15, 0.2) is 46.4 Å². The zero-order chi connectivity index (χ0) is 34.1. The average molecular weight is 694 g/mol. The van der Waals surface area contributed by atoms with Crippen LogP contribution < -0.4 is 24.3 Å². The van der Waals surface area contributed by atoms with Crippen molar-refractivity contribution in [1.82, 2.24) is 10.2 Å². The number of aliphatic imine (C=N–C) groups is 2. The van der Waals surface area contributed by atoms with Crippen molar-refractivity contribution in [2.24, 2.45) is 15.9 Å². The summed E-state index contributed by atoms with van der Waals surface area (Å²) in [7, 11) is 6.50. The number of carbonyl (C=O) groups excluding carboxylic acids is 1. The number of aromatic nitrogens is 2. The lowest BCUT2D eigenvalue weighted by Crippen LogP contribution is -2.38. The molecule has 10 nitrogen and oxygen atoms in total. The number of nitrogens with zero attached hydrogens (tertiary/aromatic N) is 4. The molecule has 1 amide bonds. The van der Waals surface area contributed by atoms with Gasteiger partial charge in [-0.05, 0) is 50.2 Å². The zero-order valence-electron chi connectivity index (χ0n) is 28.8. The van der Waals surface area contributed by atoms with Crippen LogP contribution in [0.3, 0.4) is 0 Å². The molecule has 2 heterocycles. The highest BCUT2D eigenvalue weighted by Crippen LogP contribution is 2.51. The predicted molar refractivity (Wildman–Crippen MR) is 195 cm³/mol. The van der Waals surface area contributed by atoms with Crippen molar-refractivity contribution in [3.63, 3.8) is 0 Å². The highest BCUT2D eigenvalue weighted by molar-refractivity contribution is 8.15. The molecule has 2 aliphatic rings. The highest BCUT2D eigenvalue weighted by Gasteiger charge is 2.45. The van der Waals surface area contributed by atoms with Crippen molar-refractivity contribution in [2.75, 3.05) is 40.3 Å². The van der Waals surface area contributed by atoms with E-state index in [4.69, 9.17) is 28.9 Å². The van der Waals surface area contributed by atoms with Crippen molar-refractivity contribution in [1.29, 1.82) is 0 Å². The molecule has 0 spiro atoms. The van der Waals surface area contributed by atoms with Gasteiger partial charge in [0.25, 0.3) is 0 Å². The van der Waals surface area contributed by atoms with Crippen LogP contribution in [0.1, 0.15) is 80.8 Å². The third-order valence-electron chi connectivity index (χ3n) is 9.28. The number of hydrogen-bond acceptors (Lipinski definition) is 11. The number of nitrogens with one attached hydrogen (secondary N) is 1. The Morgan fingerprint density at radius 2 is 1.62 bits per heavy atom. The van der Waals surface area contributed by atoms with E-state index in [1.165, 1.54) is 17.8 Å². The molecule has 1 saturated carbocycles. The van der Waals surface area contributed by atoms with Gasteiger partial charge in [0, 0.05) is 33.9 Å². The van der Waals surface area contributed by atoms with Crippen LogP contribution in [-0.4, -0.2) is 66.7 Å². The maximum atomic E-state index is 13.0. The fourth-order valence-electron chi connectivity index (χ4n) is 6.94. The van der Waals surface area contributed by atoms with Gasteiger partial charge in [-0.25, -0.2) is 4.99 Å². The first-order chi connectivity index (χ1) is 23.4. The van der Waals surface area contributed by atoms with E-state index in [2.05, 4.69) is 35.4 Å². The normalized spacial score (nSPS) is 21.0. The van der Waals surface area contributed by atoms with Crippen molar-refractivity contribution < 1.29 is 23.7 Å². The van der Waals surface area contributed by atoms with E-state index in [0.717, 1.165) is 83.6 Å². The Bertz CT molecular complexity index is 1630. The Hall–Kier alpha value is -3.64. The molecule has 2 aromatic carbocycles. The summed E-state index contributed by atoms with van der Waals surface area (Å²) in [6.45, 7) is 5.19. The quantitative estimate of drug-likeness (QED) is 0.170. The van der Waals surface area contributed by atoms with E-state index in [-0.39, 0.29) is 17.1 Å². The third kappa shape index (κ3) is 8.14. The van der Waals surface area contributed by atoms with E-state index in [0.29, 0.717) is 34.9 Å². The molecule has 12 heteroatoms. The number of carbonyl (C=O) groups is 1. The monoisotopic (exact) mass is 693 g/mol. The summed E-state index contributed by atoms with van der Waals surface area (Å²) in [5.41, 5.74) is 2.89. The van der Waals surface area contributed by atoms with E-state index < -0.39 is 0 Å². The van der Waals surface area contributed by atoms with Gasteiger partial charge in [0.15, 0.2) is 28.2 Å². The predicted octanol–water partition coefficient (Wildman–Crippen LogP) is 7.76. The lowest BCUT2D eigenvalue weighted by molar-refractivity contribution is -0.115. The zero-order valence-corrected chi connectivity index (χ0v) is 30.5. The lowest BCUT2D eigenvalue weighted by atomic mass is 9.73. The highest BCUT2D eigenvalue weighted by atomic mass is 32.2. The van der Waals surface area contributed by atoms with Crippen molar-refractivity contribution in [3.05, 3.63) is 52.5 Å². The number of benzene rings is 2. The van der Waals surface area contributed by atoms with Crippen LogP contribution in [0, 0.1) is 5.92 Å². The number of amides is 1. The molecule has 0 saturated heterocycles. The summed E-state index contributed by atoms with van der Waals surface area (Å²) in [5.74, 6) is 3.27. The summed E-state index contributed by atoms with van der Waals surface area (Å²) in [4.78, 5) is 23.1. The molecule has 1 N–H and O–H groups in total. The fourth-order valence-corrected chi connectivity index (χ4v) is 9.33. The Morgan fingerprint density at radius 1 is 0.938 bits per heavy atom. The second kappa shape index (κ2) is 16.6. The van der Waals surface area contributed by atoms with E-state index >= 15 is 0 Å². The molecular formula is C36H47N5O5S2. The maximum absolute atomic E-state index is 13.0. The largest absolute Gasteiger partial charge is 0.493 e. The van der Waals surface area contributed by atoms with Crippen LogP contribution in [0.25, 0.3) is 0 Å². The molecule has 1 aliphatic heterocycles. The molecule has 3 atom stereocenters. The summed E-state index contributed by atoms with van der Waals surface area (Å²) in [6, 6.07) is 11.5. The summed E-state index contributed by atoms with van der Waals surface area (Å²) >= 11 is 3.36. The maximum Gasteiger partial charge on any atom is 0.230 e. The van der Waals surface area contributed by atoms with Crippen LogP contribution in [0.4, 0.5) is 5.13 Å². The molecule has 5 rings (SSSR count). The number of thioether (sulfide) groups is 1. The van der Waals surface area contributed by atoms with Crippen molar-refractivity contribution in [2.45, 2.75) is 82.3 Å². The van der Waals surface area contributed by atoms with Gasteiger partial charge in [-0.2, -0.15) is 0 Å². The first-order valence-corrected chi connectivity index (χ1v) is 18.3. The topological polar surface area (TPSA) is 117 Å². The van der Waals surface area contributed by atoms with Gasteiger partial charge in [0.05, 0.1) is 41.4 Å². The minimum absolute atomic E-state index is 0.0241. The fraction of sp³-hybridized carbons (Fsp3) is 0.528. The lowest BCUT2D eigenvalue weighted by Gasteiger charge is -2.40. The van der Waals surface area contributed by atoms with Gasteiger partial charge >= 0.3 is 0 Å². The van der Waals surface area contributed by atoms with E-state index in [1.807, 2.05) is 42.1 Å². The standard InChI is InChI=1S/C36H47N5O5S2/c1-7-18-36(22-37-34(48-36)38-27(8-2)20-23-12-10-16-28(43-3)31(23)45-5)26-15-9-14-25(19-26)33-40-41-35(47-33)39-30(42)21-24-13-11-17-29(44-4)32(24)46-6/h10-13,16-17,25-26H,7-9,14-15,18-22H2,1-6H3,(H,39,41,42). The van der Waals surface area contributed by atoms with Gasteiger partial charge in [-0.1, -0.05) is 74.1 Å². The Balaban J connectivity index is 1.24. The molecule has 3 unspecified atom stereocenters. The average Bonchev–Trinajstić information content (AvgIpc) is 3.75. The smallest absolute Gasteiger partial charge is 0.230 e. The third-order valence-corrected chi connectivity index (χ3v) is 11.8. The molecule has 1 aromatic heterocycles. The first kappa shape index (κ1) is 35.7. The van der Waals surface area contributed by atoms with Crippen molar-refractivity contribution >= 4 is 45.0 Å². The van der Waals surface area contributed by atoms with Gasteiger partial charge < -0.3 is 24.3 Å². The molecule has 1 fully saturated rings. The molecule has 1 aliphatic carbocycles. The number of anilines is 1. The second-order valence-corrected chi connectivity index (χ2v) is 14.7. The van der Waals surface area contributed by atoms with E-state index in [9.17, 15) is 4.79 Å². The van der Waals surface area contributed by atoms with Crippen LogP contribution >= 0.6 is 23.1 Å². The van der Waals surface area contributed by atoms with Crippen molar-refractivity contribution in [3.8, 4) is 23.0 Å². The number of methoxy groups -OCH3 is 4. The Morgan fingerprint density at radius 3 is 2.25 bits per heavy atom. The molecule has 3 aromatic rings. The first-order valence-electron chi connectivity index (χ1n) is 16.7. The number of ether oxygens (including phenoxy) is 4. The summed E-state index contributed by atoms with van der Waals surface area (Å²) in [6.07, 6.45) is 8.25. The Labute approximate surface area is 292 Å². The summed E-state index contributed by atoms with van der Waals surface area (Å²) in [5, 5.41) is 14.3. The van der Waals surface area contributed by atoms with Crippen LogP contribution in [-0.2, 0) is 17.6 Å². The number of para-hydroxylation sites is 2. The molecule has 0 radical (unpaired) electrons. The molecule has 258 valence electrons. The second-order valence-electron chi connectivity index (χ2n) is 12.3.